The van der Waals surface area contributed by atoms with Crippen molar-refractivity contribution in [2.45, 2.75) is 19.4 Å². The van der Waals surface area contributed by atoms with Gasteiger partial charge in [-0.25, -0.2) is 0 Å². The van der Waals surface area contributed by atoms with E-state index in [0.717, 1.165) is 29.4 Å². The van der Waals surface area contributed by atoms with Crippen molar-refractivity contribution in [1.82, 2.24) is 4.57 Å². The highest BCUT2D eigenvalue weighted by molar-refractivity contribution is 5.96. The maximum absolute atomic E-state index is 12.5. The lowest BCUT2D eigenvalue weighted by Gasteiger charge is -2.17. The van der Waals surface area contributed by atoms with Crippen LogP contribution in [0.1, 0.15) is 12.8 Å². The summed E-state index contributed by atoms with van der Waals surface area (Å²) in [5, 5.41) is 12.8. The molecule has 118 valence electrons. The molecule has 1 saturated carbocycles. The number of allylic oxidation sites excluding steroid dienone is 2. The summed E-state index contributed by atoms with van der Waals surface area (Å²) >= 11 is 0. The van der Waals surface area contributed by atoms with E-state index in [4.69, 9.17) is 5.11 Å². The predicted molar refractivity (Wildman–Crippen MR) is 87.0 cm³/mol. The molecular weight excluding hydrogens is 292 g/mol. The van der Waals surface area contributed by atoms with Gasteiger partial charge in [0.1, 0.15) is 6.54 Å². The Kier molecular flexibility index (Phi) is 3.22. The molecule has 3 atom stereocenters. The molecule has 2 aliphatic carbocycles. The van der Waals surface area contributed by atoms with Gasteiger partial charge in [-0.15, -0.1) is 0 Å². The lowest BCUT2D eigenvalue weighted by Crippen LogP contribution is -2.25. The fourth-order valence-electron chi connectivity index (χ4n) is 3.88. The standard InChI is InChI=1S/C18H18N2O3/c21-17(22)10-20-6-5-13-9-14(3-4-16(13)20)19-18(23)15-8-11-1-2-12(15)7-11/h1-6,9,11-12,15H,7-8,10H2,(H,19,23)(H,21,22). The zero-order valence-electron chi connectivity index (χ0n) is 12.6. The van der Waals surface area contributed by atoms with Gasteiger partial charge in [-0.1, -0.05) is 12.2 Å². The maximum atomic E-state index is 12.5. The van der Waals surface area contributed by atoms with Gasteiger partial charge in [-0.2, -0.15) is 0 Å². The van der Waals surface area contributed by atoms with Crippen molar-refractivity contribution in [3.8, 4) is 0 Å². The number of carboxylic acids is 1. The summed E-state index contributed by atoms with van der Waals surface area (Å²) in [4.78, 5) is 23.3. The van der Waals surface area contributed by atoms with Crippen molar-refractivity contribution >= 4 is 28.5 Å². The van der Waals surface area contributed by atoms with E-state index in [0.29, 0.717) is 11.8 Å². The van der Waals surface area contributed by atoms with Gasteiger partial charge < -0.3 is 15.0 Å². The van der Waals surface area contributed by atoms with Crippen LogP contribution in [-0.4, -0.2) is 21.6 Å². The van der Waals surface area contributed by atoms with E-state index >= 15 is 0 Å². The summed E-state index contributed by atoms with van der Waals surface area (Å²) in [7, 11) is 0. The monoisotopic (exact) mass is 310 g/mol. The Hall–Kier alpha value is -2.56. The van der Waals surface area contributed by atoms with E-state index in [1.165, 1.54) is 0 Å². The minimum absolute atomic E-state index is 0.0628. The lowest BCUT2D eigenvalue weighted by atomic mass is 9.93. The first-order valence-electron chi connectivity index (χ1n) is 7.90. The summed E-state index contributed by atoms with van der Waals surface area (Å²) < 4.78 is 1.68. The van der Waals surface area contributed by atoms with Crippen LogP contribution >= 0.6 is 0 Å². The average molecular weight is 310 g/mol. The topological polar surface area (TPSA) is 71.3 Å². The van der Waals surface area contributed by atoms with Gasteiger partial charge in [0.25, 0.3) is 0 Å². The van der Waals surface area contributed by atoms with Crippen LogP contribution in [0.15, 0.2) is 42.6 Å². The van der Waals surface area contributed by atoms with Crippen molar-refractivity contribution in [3.05, 3.63) is 42.6 Å². The lowest BCUT2D eigenvalue weighted by molar-refractivity contribution is -0.137. The Bertz CT molecular complexity index is 821. The number of aromatic nitrogens is 1. The van der Waals surface area contributed by atoms with Crippen LogP contribution in [0, 0.1) is 17.8 Å². The number of carboxylic acid groups (broad SMARTS) is 1. The molecule has 2 N–H and O–H groups in total. The first-order chi connectivity index (χ1) is 11.1. The molecule has 23 heavy (non-hydrogen) atoms. The number of anilines is 1. The van der Waals surface area contributed by atoms with Gasteiger partial charge in [0, 0.05) is 28.7 Å². The second-order valence-electron chi connectivity index (χ2n) is 6.49. The molecule has 1 heterocycles. The van der Waals surface area contributed by atoms with Gasteiger partial charge in [0.2, 0.25) is 5.91 Å². The minimum atomic E-state index is -0.871. The van der Waals surface area contributed by atoms with Gasteiger partial charge in [0.05, 0.1) is 0 Å². The van der Waals surface area contributed by atoms with Crippen molar-refractivity contribution < 1.29 is 14.7 Å². The van der Waals surface area contributed by atoms with E-state index in [1.54, 1.807) is 10.8 Å². The predicted octanol–water partition coefficient (Wildman–Crippen LogP) is 2.88. The fraction of sp³-hybridized carbons (Fsp3) is 0.333. The molecule has 2 aliphatic rings. The first kappa shape index (κ1) is 14.1. The van der Waals surface area contributed by atoms with E-state index in [9.17, 15) is 9.59 Å². The third kappa shape index (κ3) is 2.52. The largest absolute Gasteiger partial charge is 0.480 e. The van der Waals surface area contributed by atoms with Crippen LogP contribution in [0.25, 0.3) is 10.9 Å². The summed E-state index contributed by atoms with van der Waals surface area (Å²) in [6.07, 6.45) is 8.21. The number of carbonyl (C=O) groups is 2. The van der Waals surface area contributed by atoms with Crippen molar-refractivity contribution in [2.75, 3.05) is 5.32 Å². The number of carbonyl (C=O) groups excluding carboxylic acids is 1. The van der Waals surface area contributed by atoms with E-state index in [2.05, 4.69) is 17.5 Å². The van der Waals surface area contributed by atoms with Crippen LogP contribution in [0.2, 0.25) is 0 Å². The fourth-order valence-corrected chi connectivity index (χ4v) is 3.88. The Morgan fingerprint density at radius 2 is 2.09 bits per heavy atom. The average Bonchev–Trinajstić information content (AvgIpc) is 3.22. The Morgan fingerprint density at radius 1 is 1.22 bits per heavy atom. The van der Waals surface area contributed by atoms with Gasteiger partial charge in [-0.3, -0.25) is 9.59 Å². The number of fused-ring (bicyclic) bond motifs is 3. The molecule has 0 aliphatic heterocycles. The molecule has 4 rings (SSSR count). The van der Waals surface area contributed by atoms with Gasteiger partial charge >= 0.3 is 5.97 Å². The zero-order chi connectivity index (χ0) is 16.0. The van der Waals surface area contributed by atoms with Crippen molar-refractivity contribution in [1.29, 1.82) is 0 Å². The third-order valence-corrected chi connectivity index (χ3v) is 4.96. The molecule has 0 radical (unpaired) electrons. The summed E-state index contributed by atoms with van der Waals surface area (Å²) in [6, 6.07) is 7.46. The third-order valence-electron chi connectivity index (χ3n) is 4.96. The number of aliphatic carboxylic acids is 1. The molecule has 5 nitrogen and oxygen atoms in total. The Morgan fingerprint density at radius 3 is 2.78 bits per heavy atom. The van der Waals surface area contributed by atoms with E-state index in [1.807, 2.05) is 24.3 Å². The number of nitrogens with zero attached hydrogens (tertiary/aromatic N) is 1. The molecule has 2 aromatic rings. The van der Waals surface area contributed by atoms with Crippen LogP contribution in [0.5, 0.6) is 0 Å². The molecule has 3 unspecified atom stereocenters. The summed E-state index contributed by atoms with van der Waals surface area (Å²) in [6.45, 7) is -0.0628. The van der Waals surface area contributed by atoms with Gasteiger partial charge in [0.15, 0.2) is 0 Å². The highest BCUT2D eigenvalue weighted by Crippen LogP contribution is 2.43. The van der Waals surface area contributed by atoms with Crippen LogP contribution < -0.4 is 5.32 Å². The van der Waals surface area contributed by atoms with E-state index in [-0.39, 0.29) is 18.4 Å². The molecule has 1 aromatic carbocycles. The molecule has 0 saturated heterocycles. The molecule has 2 bridgehead atoms. The highest BCUT2D eigenvalue weighted by Gasteiger charge is 2.39. The Balaban J connectivity index is 1.52. The number of nitrogens with one attached hydrogen (secondary N) is 1. The number of hydrogen-bond acceptors (Lipinski definition) is 2. The normalized spacial score (nSPS) is 25.1. The molecule has 1 fully saturated rings. The second kappa shape index (κ2) is 5.26. The van der Waals surface area contributed by atoms with Crippen LogP contribution in [0.3, 0.4) is 0 Å². The maximum Gasteiger partial charge on any atom is 0.323 e. The number of rotatable bonds is 4. The van der Waals surface area contributed by atoms with Gasteiger partial charge in [-0.05, 0) is 48.9 Å². The number of amides is 1. The second-order valence-corrected chi connectivity index (χ2v) is 6.49. The molecular formula is C18H18N2O3. The van der Waals surface area contributed by atoms with Crippen LogP contribution in [-0.2, 0) is 16.1 Å². The molecule has 1 aromatic heterocycles. The molecule has 5 heteroatoms. The first-order valence-corrected chi connectivity index (χ1v) is 7.90. The van der Waals surface area contributed by atoms with Crippen molar-refractivity contribution in [2.24, 2.45) is 17.8 Å². The number of benzene rings is 1. The minimum Gasteiger partial charge on any atom is -0.480 e. The number of hydrogen-bond donors (Lipinski definition) is 2. The smallest absolute Gasteiger partial charge is 0.323 e. The van der Waals surface area contributed by atoms with Crippen LogP contribution in [0.4, 0.5) is 5.69 Å². The Labute approximate surface area is 133 Å². The highest BCUT2D eigenvalue weighted by atomic mass is 16.4. The summed E-state index contributed by atoms with van der Waals surface area (Å²) in [5.74, 6) is 0.261. The zero-order valence-corrected chi connectivity index (χ0v) is 12.6. The quantitative estimate of drug-likeness (QED) is 0.853. The summed E-state index contributed by atoms with van der Waals surface area (Å²) in [5.41, 5.74) is 1.62. The van der Waals surface area contributed by atoms with Crippen molar-refractivity contribution in [3.63, 3.8) is 0 Å². The molecule has 1 amide bonds. The molecule has 0 spiro atoms. The SMILES string of the molecule is O=C(O)Cn1ccc2cc(NC(=O)C3CC4C=CC3C4)ccc21. The van der Waals surface area contributed by atoms with E-state index < -0.39 is 5.97 Å².